The highest BCUT2D eigenvalue weighted by molar-refractivity contribution is 7.10. The highest BCUT2D eigenvalue weighted by atomic mass is 32.1. The molecule has 2 nitrogen and oxygen atoms in total. The van der Waals surface area contributed by atoms with E-state index in [2.05, 4.69) is 16.6 Å². The zero-order valence-electron chi connectivity index (χ0n) is 9.68. The van der Waals surface area contributed by atoms with Crippen molar-refractivity contribution in [3.63, 3.8) is 0 Å². The van der Waals surface area contributed by atoms with Crippen molar-refractivity contribution < 1.29 is 36.2 Å². The van der Waals surface area contributed by atoms with Gasteiger partial charge in [0.25, 0.3) is 0 Å². The summed E-state index contributed by atoms with van der Waals surface area (Å²) in [6, 6.07) is 1.30. The number of halogens is 6. The highest BCUT2D eigenvalue weighted by Gasteiger charge is 2.57. The maximum Gasteiger partial charge on any atom is 0.423 e. The molecular formula is C11H8F6O2S. The first-order valence-corrected chi connectivity index (χ1v) is 5.94. The Balaban J connectivity index is 2.71. The van der Waals surface area contributed by atoms with Crippen LogP contribution in [-0.4, -0.2) is 30.2 Å². The summed E-state index contributed by atoms with van der Waals surface area (Å²) in [5.41, 5.74) is 0.387. The Morgan fingerprint density at radius 1 is 1.20 bits per heavy atom. The van der Waals surface area contributed by atoms with Crippen LogP contribution in [0.4, 0.5) is 26.3 Å². The number of alkyl halides is 6. The number of aliphatic hydroxyl groups excluding tert-OH is 1. The lowest BCUT2D eigenvalue weighted by Gasteiger charge is -2.22. The van der Waals surface area contributed by atoms with E-state index in [0.29, 0.717) is 5.56 Å². The van der Waals surface area contributed by atoms with Gasteiger partial charge in [0.15, 0.2) is 0 Å². The predicted octanol–water partition coefficient (Wildman–Crippen LogP) is 3.10. The van der Waals surface area contributed by atoms with Crippen LogP contribution < -0.4 is 0 Å². The minimum atomic E-state index is -5.52. The van der Waals surface area contributed by atoms with Crippen LogP contribution in [0, 0.1) is 11.8 Å². The molecule has 112 valence electrons. The molecule has 0 aliphatic carbocycles. The summed E-state index contributed by atoms with van der Waals surface area (Å²) < 4.78 is 77.1. The van der Waals surface area contributed by atoms with Gasteiger partial charge in [0.1, 0.15) is 6.61 Å². The largest absolute Gasteiger partial charge is 0.423 e. The lowest BCUT2D eigenvalue weighted by molar-refractivity contribution is -0.324. The van der Waals surface area contributed by atoms with Gasteiger partial charge < -0.3 is 9.84 Å². The summed E-state index contributed by atoms with van der Waals surface area (Å²) in [5.74, 6) is 4.78. The molecule has 0 unspecified atom stereocenters. The van der Waals surface area contributed by atoms with Crippen LogP contribution in [0.3, 0.4) is 0 Å². The fourth-order valence-corrected chi connectivity index (χ4v) is 1.94. The summed E-state index contributed by atoms with van der Waals surface area (Å²) >= 11 is 0.919. The zero-order chi connectivity index (χ0) is 15.4. The second kappa shape index (κ2) is 6.47. The molecule has 0 radical (unpaired) electrons. The van der Waals surface area contributed by atoms with Gasteiger partial charge in [-0.15, -0.1) is 11.3 Å². The monoisotopic (exact) mass is 318 g/mol. The number of thiophene rings is 1. The van der Waals surface area contributed by atoms with Crippen LogP contribution in [0.5, 0.6) is 0 Å². The molecule has 0 bridgehead atoms. The topological polar surface area (TPSA) is 29.5 Å². The Hall–Kier alpha value is -1.24. The van der Waals surface area contributed by atoms with Crippen LogP contribution in [-0.2, 0) is 11.3 Å². The van der Waals surface area contributed by atoms with E-state index in [4.69, 9.17) is 5.11 Å². The molecule has 0 aliphatic rings. The van der Waals surface area contributed by atoms with Crippen molar-refractivity contribution in [2.45, 2.75) is 25.1 Å². The normalized spacial score (nSPS) is 12.4. The van der Waals surface area contributed by atoms with Gasteiger partial charge in [-0.2, -0.15) is 26.3 Å². The fourth-order valence-electron chi connectivity index (χ4n) is 1.20. The molecule has 1 aromatic heterocycles. The van der Waals surface area contributed by atoms with Crippen molar-refractivity contribution in [2.24, 2.45) is 0 Å². The van der Waals surface area contributed by atoms with Crippen molar-refractivity contribution >= 4 is 11.3 Å². The molecule has 1 heterocycles. The summed E-state index contributed by atoms with van der Waals surface area (Å²) in [6.45, 7) is -1.22. The molecule has 0 saturated carbocycles. The van der Waals surface area contributed by atoms with Crippen molar-refractivity contribution in [3.8, 4) is 11.8 Å². The summed E-state index contributed by atoms with van der Waals surface area (Å²) in [5, 5.41) is 9.89. The first kappa shape index (κ1) is 16.8. The predicted molar refractivity (Wildman–Crippen MR) is 59.0 cm³/mol. The average Bonchev–Trinajstić information content (AvgIpc) is 2.70. The minimum Gasteiger partial charge on any atom is -0.384 e. The molecule has 0 aromatic carbocycles. The lowest BCUT2D eigenvalue weighted by Crippen LogP contribution is -2.44. The molecule has 0 amide bonds. The highest BCUT2D eigenvalue weighted by Crippen LogP contribution is 2.36. The van der Waals surface area contributed by atoms with Crippen LogP contribution in [0.15, 0.2) is 11.4 Å². The molecule has 0 fully saturated rings. The van der Waals surface area contributed by atoms with Crippen molar-refractivity contribution in [2.75, 3.05) is 6.61 Å². The molecule has 1 aromatic rings. The molecule has 0 saturated heterocycles. The van der Waals surface area contributed by atoms with Gasteiger partial charge >= 0.3 is 12.4 Å². The molecule has 0 spiro atoms. The Labute approximate surface area is 114 Å². The lowest BCUT2D eigenvalue weighted by atomic mass is 10.3. The number of rotatable bonds is 3. The number of ether oxygens (including phenoxy) is 1. The Morgan fingerprint density at radius 2 is 1.80 bits per heavy atom. The third kappa shape index (κ3) is 5.03. The van der Waals surface area contributed by atoms with Gasteiger partial charge in [-0.3, -0.25) is 0 Å². The van der Waals surface area contributed by atoms with Gasteiger partial charge in [0.2, 0.25) is 6.10 Å². The Bertz CT molecular complexity index is 479. The summed E-state index contributed by atoms with van der Waals surface area (Å²) in [4.78, 5) is 0.172. The van der Waals surface area contributed by atoms with Crippen molar-refractivity contribution in [1.82, 2.24) is 0 Å². The van der Waals surface area contributed by atoms with Crippen LogP contribution >= 0.6 is 11.3 Å². The van der Waals surface area contributed by atoms with Crippen molar-refractivity contribution in [3.05, 3.63) is 21.9 Å². The standard InChI is InChI=1S/C11H8F6O2S/c12-10(13,14)9(11(15,16)17)19-5-8-4-7(6-20-8)2-1-3-18/h4,6,9,18H,3,5H2. The smallest absolute Gasteiger partial charge is 0.384 e. The van der Waals surface area contributed by atoms with Crippen LogP contribution in [0.2, 0.25) is 0 Å². The maximum absolute atomic E-state index is 12.2. The van der Waals surface area contributed by atoms with Gasteiger partial charge in [-0.25, -0.2) is 0 Å². The van der Waals surface area contributed by atoms with E-state index in [9.17, 15) is 26.3 Å². The van der Waals surface area contributed by atoms with E-state index >= 15 is 0 Å². The molecule has 0 aliphatic heterocycles. The first-order valence-electron chi connectivity index (χ1n) is 5.06. The number of hydrogen-bond donors (Lipinski definition) is 1. The zero-order valence-corrected chi connectivity index (χ0v) is 10.5. The molecule has 20 heavy (non-hydrogen) atoms. The van der Waals surface area contributed by atoms with Gasteiger partial charge in [0, 0.05) is 15.8 Å². The maximum atomic E-state index is 12.2. The SMILES string of the molecule is OCC#Cc1csc(COC(C(F)(F)F)C(F)(F)F)c1. The third-order valence-electron chi connectivity index (χ3n) is 1.95. The average molecular weight is 318 g/mol. The minimum absolute atomic E-state index is 0.172. The molecule has 1 rings (SSSR count). The van der Waals surface area contributed by atoms with E-state index in [1.54, 1.807) is 0 Å². The van der Waals surface area contributed by atoms with Crippen LogP contribution in [0.25, 0.3) is 0 Å². The van der Waals surface area contributed by atoms with Gasteiger partial charge in [-0.1, -0.05) is 11.8 Å². The molecule has 1 N–H and O–H groups in total. The third-order valence-corrected chi connectivity index (χ3v) is 2.86. The first-order chi connectivity index (χ1) is 9.14. The molecule has 0 atom stereocenters. The van der Waals surface area contributed by atoms with E-state index in [1.165, 1.54) is 11.4 Å². The molecular weight excluding hydrogens is 310 g/mol. The second-order valence-corrected chi connectivity index (χ2v) is 4.53. The number of aliphatic hydroxyl groups is 1. The van der Waals surface area contributed by atoms with E-state index in [0.717, 1.165) is 11.3 Å². The quantitative estimate of drug-likeness (QED) is 0.685. The Morgan fingerprint density at radius 3 is 2.30 bits per heavy atom. The van der Waals surface area contributed by atoms with Gasteiger partial charge in [0.05, 0.1) is 6.61 Å². The van der Waals surface area contributed by atoms with Gasteiger partial charge in [-0.05, 0) is 6.07 Å². The van der Waals surface area contributed by atoms with Crippen molar-refractivity contribution in [1.29, 1.82) is 0 Å². The van der Waals surface area contributed by atoms with E-state index in [-0.39, 0.29) is 4.88 Å². The fraction of sp³-hybridized carbons (Fsp3) is 0.455. The summed E-state index contributed by atoms with van der Waals surface area (Å²) in [7, 11) is 0. The Kier molecular flexibility index (Phi) is 5.44. The molecule has 9 heteroatoms. The number of hydrogen-bond acceptors (Lipinski definition) is 3. The van der Waals surface area contributed by atoms with Crippen LogP contribution in [0.1, 0.15) is 10.4 Å². The summed E-state index contributed by atoms with van der Waals surface area (Å²) in [6.07, 6.45) is -14.9. The van der Waals surface area contributed by atoms with E-state index in [1.807, 2.05) is 0 Å². The van der Waals surface area contributed by atoms with E-state index < -0.39 is 31.7 Å². The second-order valence-electron chi connectivity index (χ2n) is 3.54.